The highest BCUT2D eigenvalue weighted by molar-refractivity contribution is 7.22. The topological polar surface area (TPSA) is 79.7 Å². The molecular weight excluding hydrogens is 470 g/mol. The Bertz CT molecular complexity index is 1410. The van der Waals surface area contributed by atoms with Crippen LogP contribution in [0.5, 0.6) is 5.75 Å². The lowest BCUT2D eigenvalue weighted by Crippen LogP contribution is -2.28. The lowest BCUT2D eigenvalue weighted by molar-refractivity contribution is -0.132. The van der Waals surface area contributed by atoms with Gasteiger partial charge in [0.25, 0.3) is 5.78 Å². The summed E-state index contributed by atoms with van der Waals surface area (Å²) in [6, 6.07) is 11.0. The second-order valence-electron chi connectivity index (χ2n) is 7.12. The van der Waals surface area contributed by atoms with Gasteiger partial charge in [0.1, 0.15) is 17.6 Å². The number of thiophene rings is 1. The Hall–Kier alpha value is -3.63. The highest BCUT2D eigenvalue weighted by atomic mass is 32.1. The number of nitrogens with zero attached hydrogens (tertiary/aromatic N) is 2. The maximum Gasteiger partial charge on any atom is 0.301 e. The SMILES string of the molecule is COc1ccccc1/C(O)=C1\C(=O)C(=O)N(c2nc3cc(F)c(F)cc3s2)C1c1cccs1. The van der Waals surface area contributed by atoms with Crippen molar-refractivity contribution in [2.75, 3.05) is 12.0 Å². The second-order valence-corrected chi connectivity index (χ2v) is 9.10. The zero-order chi connectivity index (χ0) is 23.3. The summed E-state index contributed by atoms with van der Waals surface area (Å²) in [4.78, 5) is 32.3. The number of hydrogen-bond donors (Lipinski definition) is 1. The Morgan fingerprint density at radius 1 is 1.12 bits per heavy atom. The number of para-hydroxylation sites is 1. The lowest BCUT2D eigenvalue weighted by atomic mass is 9.99. The third-order valence-corrected chi connectivity index (χ3v) is 7.19. The van der Waals surface area contributed by atoms with E-state index in [9.17, 15) is 23.5 Å². The number of hydrogen-bond acceptors (Lipinski definition) is 7. The minimum absolute atomic E-state index is 0.0922. The molecule has 1 aliphatic heterocycles. The van der Waals surface area contributed by atoms with Crippen molar-refractivity contribution in [3.63, 3.8) is 0 Å². The summed E-state index contributed by atoms with van der Waals surface area (Å²) in [6.07, 6.45) is 0. The molecule has 0 spiro atoms. The Balaban J connectivity index is 1.73. The van der Waals surface area contributed by atoms with Gasteiger partial charge in [-0.05, 0) is 29.6 Å². The van der Waals surface area contributed by atoms with E-state index in [1.54, 1.807) is 41.8 Å². The van der Waals surface area contributed by atoms with Crippen LogP contribution in [0.25, 0.3) is 16.0 Å². The molecule has 1 amide bonds. The fourth-order valence-electron chi connectivity index (χ4n) is 3.75. The molecule has 1 unspecified atom stereocenters. The monoisotopic (exact) mass is 484 g/mol. The number of carbonyl (C=O) groups excluding carboxylic acids is 2. The van der Waals surface area contributed by atoms with Gasteiger partial charge >= 0.3 is 5.91 Å². The van der Waals surface area contributed by atoms with Gasteiger partial charge in [0.15, 0.2) is 16.8 Å². The Morgan fingerprint density at radius 2 is 1.88 bits per heavy atom. The molecule has 4 aromatic rings. The zero-order valence-electron chi connectivity index (χ0n) is 16.9. The van der Waals surface area contributed by atoms with Crippen LogP contribution in [0.15, 0.2) is 59.5 Å². The molecule has 0 saturated carbocycles. The van der Waals surface area contributed by atoms with E-state index in [-0.39, 0.29) is 27.5 Å². The van der Waals surface area contributed by atoms with Gasteiger partial charge in [-0.2, -0.15) is 0 Å². The van der Waals surface area contributed by atoms with Crippen LogP contribution in [0.3, 0.4) is 0 Å². The molecule has 1 fully saturated rings. The van der Waals surface area contributed by atoms with Crippen LogP contribution in [0.2, 0.25) is 0 Å². The number of ether oxygens (including phenoxy) is 1. The number of aliphatic hydroxyl groups is 1. The van der Waals surface area contributed by atoms with Crippen LogP contribution >= 0.6 is 22.7 Å². The number of carbonyl (C=O) groups is 2. The first-order valence-corrected chi connectivity index (χ1v) is 11.3. The Labute approximate surface area is 194 Å². The van der Waals surface area contributed by atoms with Gasteiger partial charge in [-0.1, -0.05) is 29.5 Å². The first-order chi connectivity index (χ1) is 15.9. The standard InChI is InChI=1S/C23H14F2N2O4S2/c1-31-15-6-3-2-5-11(15)20(28)18-19(16-7-4-8-32-16)27(22(30)21(18)29)23-26-14-9-12(24)13(25)10-17(14)33-23/h2-10,19,28H,1H3/b20-18+. The van der Waals surface area contributed by atoms with E-state index in [4.69, 9.17) is 4.74 Å². The van der Waals surface area contributed by atoms with E-state index in [1.165, 1.54) is 18.4 Å². The average molecular weight is 485 g/mol. The van der Waals surface area contributed by atoms with E-state index in [0.717, 1.165) is 28.4 Å². The van der Waals surface area contributed by atoms with Crippen LogP contribution in [-0.2, 0) is 9.59 Å². The summed E-state index contributed by atoms with van der Waals surface area (Å²) >= 11 is 2.25. The van der Waals surface area contributed by atoms with Gasteiger partial charge in [0, 0.05) is 10.9 Å². The fraction of sp³-hybridized carbons (Fsp3) is 0.0870. The number of halogens is 2. The van der Waals surface area contributed by atoms with Gasteiger partial charge in [-0.15, -0.1) is 11.3 Å². The smallest absolute Gasteiger partial charge is 0.301 e. The van der Waals surface area contributed by atoms with Crippen molar-refractivity contribution in [2.45, 2.75) is 6.04 Å². The van der Waals surface area contributed by atoms with Gasteiger partial charge in [0.05, 0.1) is 28.5 Å². The summed E-state index contributed by atoms with van der Waals surface area (Å²) in [5, 5.41) is 13.0. The molecule has 1 atom stereocenters. The predicted molar refractivity (Wildman–Crippen MR) is 122 cm³/mol. The van der Waals surface area contributed by atoms with Crippen molar-refractivity contribution in [3.8, 4) is 5.75 Å². The Kier molecular flexibility index (Phi) is 5.18. The summed E-state index contributed by atoms with van der Waals surface area (Å²) < 4.78 is 33.0. The van der Waals surface area contributed by atoms with Crippen molar-refractivity contribution in [1.82, 2.24) is 4.98 Å². The second kappa shape index (κ2) is 8.05. The molecule has 6 nitrogen and oxygen atoms in total. The normalized spacial score (nSPS) is 17.8. The molecule has 1 saturated heterocycles. The maximum absolute atomic E-state index is 13.7. The molecule has 33 heavy (non-hydrogen) atoms. The van der Waals surface area contributed by atoms with Gasteiger partial charge in [0.2, 0.25) is 0 Å². The number of benzene rings is 2. The van der Waals surface area contributed by atoms with Gasteiger partial charge in [-0.3, -0.25) is 14.5 Å². The number of aliphatic hydroxyl groups excluding tert-OH is 1. The Morgan fingerprint density at radius 3 is 2.61 bits per heavy atom. The average Bonchev–Trinajstić information content (AvgIpc) is 3.53. The minimum Gasteiger partial charge on any atom is -0.507 e. The summed E-state index contributed by atoms with van der Waals surface area (Å²) in [5.74, 6) is -3.95. The van der Waals surface area contributed by atoms with Gasteiger partial charge in [-0.25, -0.2) is 13.8 Å². The molecule has 1 aliphatic rings. The maximum atomic E-state index is 13.7. The molecule has 5 rings (SSSR count). The molecule has 0 bridgehead atoms. The predicted octanol–water partition coefficient (Wildman–Crippen LogP) is 5.27. The third kappa shape index (κ3) is 3.38. The minimum atomic E-state index is -1.06. The molecule has 0 radical (unpaired) electrons. The molecule has 1 N–H and O–H groups in total. The van der Waals surface area contributed by atoms with Crippen LogP contribution in [0.1, 0.15) is 16.5 Å². The number of aromatic nitrogens is 1. The molecular formula is C23H14F2N2O4S2. The number of thiazole rings is 1. The van der Waals surface area contributed by atoms with Crippen molar-refractivity contribution >= 4 is 55.5 Å². The van der Waals surface area contributed by atoms with Crippen LogP contribution < -0.4 is 9.64 Å². The largest absolute Gasteiger partial charge is 0.507 e. The lowest BCUT2D eigenvalue weighted by Gasteiger charge is -2.21. The summed E-state index contributed by atoms with van der Waals surface area (Å²) in [5.41, 5.74) is 0.294. The molecule has 2 aromatic heterocycles. The quantitative estimate of drug-likeness (QED) is 0.243. The van der Waals surface area contributed by atoms with E-state index >= 15 is 0 Å². The molecule has 166 valence electrons. The van der Waals surface area contributed by atoms with E-state index < -0.39 is 29.4 Å². The molecule has 2 aromatic carbocycles. The number of ketones is 1. The van der Waals surface area contributed by atoms with Crippen molar-refractivity contribution < 1.29 is 28.2 Å². The first-order valence-electron chi connectivity index (χ1n) is 9.64. The van der Waals surface area contributed by atoms with Crippen molar-refractivity contribution in [1.29, 1.82) is 0 Å². The highest BCUT2D eigenvalue weighted by Crippen LogP contribution is 2.46. The highest BCUT2D eigenvalue weighted by Gasteiger charge is 2.48. The van der Waals surface area contributed by atoms with E-state index in [1.807, 2.05) is 0 Å². The fourth-order valence-corrected chi connectivity index (χ4v) is 5.57. The van der Waals surface area contributed by atoms with Crippen LogP contribution in [0, 0.1) is 11.6 Å². The number of amides is 1. The number of Topliss-reactive ketones (excluding diaryl/α,β-unsaturated/α-hetero) is 1. The third-order valence-electron chi connectivity index (χ3n) is 5.24. The first kappa shape index (κ1) is 21.2. The van der Waals surface area contributed by atoms with Crippen LogP contribution in [0.4, 0.5) is 13.9 Å². The summed E-state index contributed by atoms with van der Waals surface area (Å²) in [6.45, 7) is 0. The zero-order valence-corrected chi connectivity index (χ0v) is 18.5. The van der Waals surface area contributed by atoms with Crippen molar-refractivity contribution in [3.05, 3.63) is 81.6 Å². The molecule has 0 aliphatic carbocycles. The summed E-state index contributed by atoms with van der Waals surface area (Å²) in [7, 11) is 1.43. The van der Waals surface area contributed by atoms with Crippen LogP contribution in [-0.4, -0.2) is 28.9 Å². The van der Waals surface area contributed by atoms with Crippen molar-refractivity contribution in [2.24, 2.45) is 0 Å². The van der Waals surface area contributed by atoms with E-state index in [0.29, 0.717) is 15.3 Å². The molecule has 10 heteroatoms. The van der Waals surface area contributed by atoms with E-state index in [2.05, 4.69) is 4.98 Å². The number of anilines is 1. The molecule has 3 heterocycles. The number of rotatable bonds is 4. The number of methoxy groups -OCH3 is 1. The van der Waals surface area contributed by atoms with Gasteiger partial charge < -0.3 is 9.84 Å². The number of fused-ring (bicyclic) bond motifs is 1.